The summed E-state index contributed by atoms with van der Waals surface area (Å²) in [7, 11) is 0. The van der Waals surface area contributed by atoms with E-state index in [1.807, 2.05) is 25.7 Å². The zero-order valence-electron chi connectivity index (χ0n) is 17.9. The summed E-state index contributed by atoms with van der Waals surface area (Å²) in [6.45, 7) is 8.51. The van der Waals surface area contributed by atoms with Crippen LogP contribution in [0.2, 0.25) is 0 Å². The largest absolute Gasteiger partial charge is 0.416 e. The molecular weight excluding hydrogens is 409 g/mol. The number of aromatic nitrogens is 5. The molecule has 1 N–H and O–H groups in total. The minimum Gasteiger partial charge on any atom is -0.388 e. The van der Waals surface area contributed by atoms with Crippen molar-refractivity contribution in [2.45, 2.75) is 57.9 Å². The number of nitrogens with zero attached hydrogens (tertiary/aromatic N) is 6. The topological polar surface area (TPSA) is 80.0 Å². The van der Waals surface area contributed by atoms with E-state index in [1.165, 1.54) is 16.9 Å². The number of β-amino-alcohol motifs (C(OH)–C–C–N with tert-alkyl or cyclic N) is 1. The molecule has 0 aliphatic carbocycles. The number of hydrogen-bond donors (Lipinski definition) is 1. The van der Waals surface area contributed by atoms with Crippen LogP contribution in [0.3, 0.4) is 0 Å². The number of rotatable bonds is 3. The Bertz CT molecular complexity index is 1120. The number of hydrogen-bond acceptors (Lipinski definition) is 6. The van der Waals surface area contributed by atoms with E-state index in [-0.39, 0.29) is 17.5 Å². The van der Waals surface area contributed by atoms with E-state index in [0.29, 0.717) is 42.3 Å². The maximum Gasteiger partial charge on any atom is 0.416 e. The number of anilines is 1. The molecule has 0 bridgehead atoms. The van der Waals surface area contributed by atoms with Crippen molar-refractivity contribution in [2.75, 3.05) is 18.0 Å². The van der Waals surface area contributed by atoms with Crippen molar-refractivity contribution in [3.63, 3.8) is 0 Å². The molecule has 0 amide bonds. The smallest absolute Gasteiger partial charge is 0.388 e. The van der Waals surface area contributed by atoms with Crippen molar-refractivity contribution < 1.29 is 18.3 Å². The van der Waals surface area contributed by atoms with E-state index in [9.17, 15) is 18.3 Å². The Hall–Kier alpha value is -2.75. The number of benzene rings is 1. The van der Waals surface area contributed by atoms with Gasteiger partial charge in [-0.05, 0) is 25.0 Å². The minimum absolute atomic E-state index is 0.0740. The van der Waals surface area contributed by atoms with Crippen LogP contribution in [-0.4, -0.2) is 48.8 Å². The first-order chi connectivity index (χ1) is 14.3. The lowest BCUT2D eigenvalue weighted by Crippen LogP contribution is -2.31. The Kier molecular flexibility index (Phi) is 4.95. The summed E-state index contributed by atoms with van der Waals surface area (Å²) in [5, 5.41) is 19.2. The lowest BCUT2D eigenvalue weighted by Gasteiger charge is -2.22. The Labute approximate surface area is 177 Å². The van der Waals surface area contributed by atoms with Gasteiger partial charge in [0, 0.05) is 18.5 Å². The fourth-order valence-corrected chi connectivity index (χ4v) is 3.68. The molecule has 1 aliphatic rings. The summed E-state index contributed by atoms with van der Waals surface area (Å²) < 4.78 is 40.1. The van der Waals surface area contributed by atoms with Gasteiger partial charge in [0.05, 0.1) is 17.7 Å². The molecule has 166 valence electrons. The molecule has 0 unspecified atom stereocenters. The molecule has 7 nitrogen and oxygen atoms in total. The molecule has 2 aromatic heterocycles. The molecule has 1 fully saturated rings. The molecule has 1 aromatic carbocycles. The third-order valence-corrected chi connectivity index (χ3v) is 5.33. The fourth-order valence-electron chi connectivity index (χ4n) is 3.68. The van der Waals surface area contributed by atoms with Crippen LogP contribution in [-0.2, 0) is 18.1 Å². The maximum absolute atomic E-state index is 13.4. The van der Waals surface area contributed by atoms with Crippen LogP contribution in [0.25, 0.3) is 11.2 Å². The van der Waals surface area contributed by atoms with E-state index >= 15 is 0 Å². The standard InChI is InChI=1S/C21H25F3N6O/c1-19(2,3)18-25-16-15(17(26-18)29-10-9-20(4,31)12-29)27-30(28-16)11-13-7-5-6-8-14(13)21(22,23)24/h5-8,31H,9-12H2,1-4H3/t20-/m1/s1. The van der Waals surface area contributed by atoms with Crippen LogP contribution >= 0.6 is 0 Å². The molecule has 31 heavy (non-hydrogen) atoms. The molecule has 4 rings (SSSR count). The van der Waals surface area contributed by atoms with Crippen molar-refractivity contribution in [1.29, 1.82) is 0 Å². The first-order valence-electron chi connectivity index (χ1n) is 10.1. The van der Waals surface area contributed by atoms with E-state index in [0.717, 1.165) is 6.07 Å². The molecule has 0 saturated carbocycles. The predicted octanol–water partition coefficient (Wildman–Crippen LogP) is 3.55. The molecule has 1 saturated heterocycles. The highest BCUT2D eigenvalue weighted by Crippen LogP contribution is 2.33. The van der Waals surface area contributed by atoms with Gasteiger partial charge in [0.15, 0.2) is 11.3 Å². The molecule has 10 heteroatoms. The third-order valence-electron chi connectivity index (χ3n) is 5.33. The predicted molar refractivity (Wildman–Crippen MR) is 110 cm³/mol. The average molecular weight is 434 g/mol. The van der Waals surface area contributed by atoms with Crippen molar-refractivity contribution in [2.24, 2.45) is 0 Å². The zero-order chi connectivity index (χ0) is 22.6. The molecule has 0 radical (unpaired) electrons. The van der Waals surface area contributed by atoms with Gasteiger partial charge in [-0.2, -0.15) is 18.0 Å². The van der Waals surface area contributed by atoms with Crippen molar-refractivity contribution >= 4 is 17.0 Å². The van der Waals surface area contributed by atoms with Crippen molar-refractivity contribution in [3.05, 3.63) is 41.2 Å². The van der Waals surface area contributed by atoms with E-state index in [4.69, 9.17) is 4.98 Å². The van der Waals surface area contributed by atoms with Gasteiger partial charge in [0.1, 0.15) is 5.82 Å². The first kappa shape index (κ1) is 21.5. The number of halogens is 3. The Morgan fingerprint density at radius 2 is 1.81 bits per heavy atom. The Morgan fingerprint density at radius 3 is 2.42 bits per heavy atom. The van der Waals surface area contributed by atoms with Crippen LogP contribution in [0.5, 0.6) is 0 Å². The first-order valence-corrected chi connectivity index (χ1v) is 10.1. The number of fused-ring (bicyclic) bond motifs is 1. The minimum atomic E-state index is -4.46. The summed E-state index contributed by atoms with van der Waals surface area (Å²) >= 11 is 0. The Morgan fingerprint density at radius 1 is 1.10 bits per heavy atom. The normalized spacial score (nSPS) is 20.1. The molecule has 0 spiro atoms. The third kappa shape index (κ3) is 4.34. The average Bonchev–Trinajstić information content (AvgIpc) is 3.21. The number of aliphatic hydroxyl groups is 1. The quantitative estimate of drug-likeness (QED) is 0.679. The van der Waals surface area contributed by atoms with Gasteiger partial charge < -0.3 is 10.0 Å². The van der Waals surface area contributed by atoms with Gasteiger partial charge >= 0.3 is 6.18 Å². The summed E-state index contributed by atoms with van der Waals surface area (Å²) in [5.74, 6) is 1.10. The summed E-state index contributed by atoms with van der Waals surface area (Å²) in [4.78, 5) is 12.4. The van der Waals surface area contributed by atoms with Crippen LogP contribution < -0.4 is 4.90 Å². The lowest BCUT2D eigenvalue weighted by atomic mass is 9.96. The highest BCUT2D eigenvalue weighted by atomic mass is 19.4. The summed E-state index contributed by atoms with van der Waals surface area (Å²) in [6, 6.07) is 5.39. The van der Waals surface area contributed by atoms with Crippen molar-refractivity contribution in [3.8, 4) is 0 Å². The SMILES string of the molecule is CC(C)(C)c1nc(N2CC[C@@](C)(O)C2)c2nn(Cc3ccccc3C(F)(F)F)nc2n1. The number of alkyl halides is 3. The van der Waals surface area contributed by atoms with Gasteiger partial charge in [0.2, 0.25) is 5.65 Å². The Balaban J connectivity index is 1.79. The zero-order valence-corrected chi connectivity index (χ0v) is 17.9. The monoisotopic (exact) mass is 434 g/mol. The van der Waals surface area contributed by atoms with E-state index < -0.39 is 17.3 Å². The highest BCUT2D eigenvalue weighted by molar-refractivity contribution is 5.83. The van der Waals surface area contributed by atoms with Gasteiger partial charge in [-0.25, -0.2) is 9.97 Å². The van der Waals surface area contributed by atoms with Crippen molar-refractivity contribution in [1.82, 2.24) is 25.0 Å². The van der Waals surface area contributed by atoms with Crippen LogP contribution in [0.1, 0.15) is 51.1 Å². The second-order valence-corrected chi connectivity index (χ2v) is 9.35. The lowest BCUT2D eigenvalue weighted by molar-refractivity contribution is -0.138. The van der Waals surface area contributed by atoms with E-state index in [2.05, 4.69) is 15.2 Å². The maximum atomic E-state index is 13.4. The molecular formula is C21H25F3N6O. The van der Waals surface area contributed by atoms with Gasteiger partial charge in [-0.1, -0.05) is 39.0 Å². The molecule has 3 heterocycles. The summed E-state index contributed by atoms with van der Waals surface area (Å²) in [5.41, 5.74) is -1.11. The van der Waals surface area contributed by atoms with Gasteiger partial charge in [-0.15, -0.1) is 10.2 Å². The second-order valence-electron chi connectivity index (χ2n) is 9.35. The second kappa shape index (κ2) is 7.15. The van der Waals surface area contributed by atoms with Gasteiger partial charge in [-0.3, -0.25) is 0 Å². The fraction of sp³-hybridized carbons (Fsp3) is 0.524. The van der Waals surface area contributed by atoms with Crippen LogP contribution in [0.15, 0.2) is 24.3 Å². The highest BCUT2D eigenvalue weighted by Gasteiger charge is 2.35. The molecule has 1 aliphatic heterocycles. The van der Waals surface area contributed by atoms with Gasteiger partial charge in [0.25, 0.3) is 0 Å². The molecule has 1 atom stereocenters. The van der Waals surface area contributed by atoms with E-state index in [1.54, 1.807) is 13.0 Å². The van der Waals surface area contributed by atoms with Crippen LogP contribution in [0.4, 0.5) is 19.0 Å². The van der Waals surface area contributed by atoms with Crippen LogP contribution in [0, 0.1) is 0 Å². The summed E-state index contributed by atoms with van der Waals surface area (Å²) in [6.07, 6.45) is -3.88. The molecule has 3 aromatic rings.